The van der Waals surface area contributed by atoms with E-state index in [0.29, 0.717) is 46.6 Å². The van der Waals surface area contributed by atoms with E-state index in [-0.39, 0.29) is 12.5 Å². The van der Waals surface area contributed by atoms with Crippen LogP contribution >= 0.6 is 23.2 Å². The fourth-order valence-corrected chi connectivity index (χ4v) is 5.64. The molecule has 2 amide bonds. The standard InChI is InChI=1S/C31H37Cl2N3O5S/c1-4-6-18-34-31(38)29(5-2)35(20-24-12-13-25(32)19-28(24)33)30(37)21-36(42(3,39)40)26-14-16-27(17-15-26)41-22-23-10-8-7-9-11-23/h7-17,19,29H,4-6,18,20-22H2,1-3H3,(H,34,38). The van der Waals surface area contributed by atoms with Crippen LogP contribution in [0.15, 0.2) is 72.8 Å². The zero-order valence-corrected chi connectivity index (χ0v) is 26.4. The molecule has 1 N–H and O–H groups in total. The van der Waals surface area contributed by atoms with Crippen molar-refractivity contribution >= 4 is 50.7 Å². The number of halogens is 2. The van der Waals surface area contributed by atoms with Gasteiger partial charge in [-0.1, -0.05) is 79.9 Å². The molecular weight excluding hydrogens is 597 g/mol. The second-order valence-electron chi connectivity index (χ2n) is 9.86. The van der Waals surface area contributed by atoms with E-state index in [4.69, 9.17) is 27.9 Å². The first-order valence-electron chi connectivity index (χ1n) is 13.8. The first kappa shape index (κ1) is 33.2. The zero-order valence-electron chi connectivity index (χ0n) is 24.1. The van der Waals surface area contributed by atoms with Gasteiger partial charge in [-0.3, -0.25) is 13.9 Å². The van der Waals surface area contributed by atoms with Crippen LogP contribution in [0.3, 0.4) is 0 Å². The van der Waals surface area contributed by atoms with E-state index in [2.05, 4.69) is 5.32 Å². The van der Waals surface area contributed by atoms with Gasteiger partial charge in [0.05, 0.1) is 11.9 Å². The summed E-state index contributed by atoms with van der Waals surface area (Å²) >= 11 is 12.5. The van der Waals surface area contributed by atoms with E-state index in [9.17, 15) is 18.0 Å². The van der Waals surface area contributed by atoms with Crippen molar-refractivity contribution in [2.45, 2.75) is 52.3 Å². The minimum Gasteiger partial charge on any atom is -0.489 e. The Morgan fingerprint density at radius 1 is 0.976 bits per heavy atom. The van der Waals surface area contributed by atoms with Gasteiger partial charge in [0.1, 0.15) is 24.9 Å². The third-order valence-electron chi connectivity index (χ3n) is 6.62. The highest BCUT2D eigenvalue weighted by atomic mass is 35.5. The summed E-state index contributed by atoms with van der Waals surface area (Å²) in [5.41, 5.74) is 1.87. The quantitative estimate of drug-likeness (QED) is 0.205. The lowest BCUT2D eigenvalue weighted by atomic mass is 10.1. The van der Waals surface area contributed by atoms with Crippen molar-refractivity contribution in [2.24, 2.45) is 0 Å². The summed E-state index contributed by atoms with van der Waals surface area (Å²) in [7, 11) is -3.87. The van der Waals surface area contributed by atoms with Crippen LogP contribution in [-0.2, 0) is 32.8 Å². The lowest BCUT2D eigenvalue weighted by Crippen LogP contribution is -2.52. The molecule has 1 atom stereocenters. The van der Waals surface area contributed by atoms with Crippen molar-refractivity contribution in [3.8, 4) is 5.75 Å². The SMILES string of the molecule is CCCCNC(=O)C(CC)N(Cc1ccc(Cl)cc1Cl)C(=O)CN(c1ccc(OCc2ccccc2)cc1)S(C)(=O)=O. The molecule has 0 aliphatic heterocycles. The molecule has 0 aliphatic carbocycles. The molecule has 11 heteroatoms. The van der Waals surface area contributed by atoms with Gasteiger partial charge < -0.3 is 15.0 Å². The second-order valence-corrected chi connectivity index (χ2v) is 12.6. The van der Waals surface area contributed by atoms with E-state index in [0.717, 1.165) is 29.0 Å². The number of amides is 2. The molecule has 0 radical (unpaired) electrons. The Hall–Kier alpha value is -3.27. The van der Waals surface area contributed by atoms with E-state index in [1.165, 1.54) is 4.90 Å². The zero-order chi connectivity index (χ0) is 30.7. The Bertz CT molecular complexity index is 1440. The second kappa shape index (κ2) is 15.8. The van der Waals surface area contributed by atoms with E-state index < -0.39 is 28.5 Å². The number of rotatable bonds is 15. The molecule has 226 valence electrons. The molecule has 3 aromatic carbocycles. The van der Waals surface area contributed by atoms with Crippen LogP contribution < -0.4 is 14.4 Å². The fourth-order valence-electron chi connectivity index (χ4n) is 4.32. The number of benzene rings is 3. The third-order valence-corrected chi connectivity index (χ3v) is 8.35. The first-order chi connectivity index (χ1) is 20.0. The molecule has 0 saturated heterocycles. The third kappa shape index (κ3) is 9.64. The molecule has 0 aliphatic rings. The number of carbonyl (C=O) groups excluding carboxylic acids is 2. The van der Waals surface area contributed by atoms with Gasteiger partial charge in [-0.2, -0.15) is 0 Å². The molecule has 0 aromatic heterocycles. The van der Waals surface area contributed by atoms with Crippen molar-refractivity contribution in [1.29, 1.82) is 0 Å². The molecular formula is C31H37Cl2N3O5S. The van der Waals surface area contributed by atoms with Gasteiger partial charge in [0, 0.05) is 23.1 Å². The van der Waals surface area contributed by atoms with E-state index >= 15 is 0 Å². The molecule has 0 saturated carbocycles. The average Bonchev–Trinajstić information content (AvgIpc) is 2.96. The number of ether oxygens (including phenoxy) is 1. The number of nitrogens with zero attached hydrogens (tertiary/aromatic N) is 2. The van der Waals surface area contributed by atoms with Crippen LogP contribution in [0.4, 0.5) is 5.69 Å². The van der Waals surface area contributed by atoms with Gasteiger partial charge in [0.2, 0.25) is 21.8 Å². The number of hydrogen-bond acceptors (Lipinski definition) is 5. The van der Waals surface area contributed by atoms with Gasteiger partial charge >= 0.3 is 0 Å². The van der Waals surface area contributed by atoms with Crippen LogP contribution in [0, 0.1) is 0 Å². The summed E-state index contributed by atoms with van der Waals surface area (Å²) < 4.78 is 32.6. The van der Waals surface area contributed by atoms with Crippen molar-refractivity contribution in [1.82, 2.24) is 10.2 Å². The van der Waals surface area contributed by atoms with Crippen LogP contribution in [0.5, 0.6) is 5.75 Å². The summed E-state index contributed by atoms with van der Waals surface area (Å²) in [6.45, 7) is 4.14. The maximum absolute atomic E-state index is 13.9. The average molecular weight is 635 g/mol. The van der Waals surface area contributed by atoms with Gasteiger partial charge in [-0.15, -0.1) is 0 Å². The fraction of sp³-hybridized carbons (Fsp3) is 0.355. The number of carbonyl (C=O) groups is 2. The summed E-state index contributed by atoms with van der Waals surface area (Å²) in [6, 6.07) is 20.2. The van der Waals surface area contributed by atoms with Crippen LogP contribution in [0.25, 0.3) is 0 Å². The van der Waals surface area contributed by atoms with Gasteiger partial charge in [-0.05, 0) is 60.4 Å². The van der Waals surface area contributed by atoms with E-state index in [1.54, 1.807) is 49.4 Å². The molecule has 1 unspecified atom stereocenters. The predicted octanol–water partition coefficient (Wildman–Crippen LogP) is 6.06. The molecule has 0 heterocycles. The van der Waals surface area contributed by atoms with Gasteiger partial charge in [0.25, 0.3) is 0 Å². The molecule has 8 nitrogen and oxygen atoms in total. The number of hydrogen-bond donors (Lipinski definition) is 1. The normalized spacial score (nSPS) is 11.9. The van der Waals surface area contributed by atoms with Crippen LogP contribution in [-0.4, -0.2) is 50.5 Å². The molecule has 0 fully saturated rings. The van der Waals surface area contributed by atoms with Crippen molar-refractivity contribution < 1.29 is 22.7 Å². The highest BCUT2D eigenvalue weighted by Crippen LogP contribution is 2.26. The summed E-state index contributed by atoms with van der Waals surface area (Å²) in [6.07, 6.45) is 3.06. The Kier molecular flexibility index (Phi) is 12.5. The van der Waals surface area contributed by atoms with Crippen LogP contribution in [0.2, 0.25) is 10.0 Å². The minimum atomic E-state index is -3.87. The van der Waals surface area contributed by atoms with Crippen molar-refractivity contribution in [2.75, 3.05) is 23.7 Å². The molecule has 0 spiro atoms. The Morgan fingerprint density at radius 3 is 2.26 bits per heavy atom. The highest BCUT2D eigenvalue weighted by Gasteiger charge is 2.32. The van der Waals surface area contributed by atoms with Crippen molar-refractivity contribution in [3.05, 3.63) is 94.0 Å². The van der Waals surface area contributed by atoms with Gasteiger partial charge in [0.15, 0.2) is 0 Å². The summed E-state index contributed by atoms with van der Waals surface area (Å²) in [5, 5.41) is 3.67. The molecule has 42 heavy (non-hydrogen) atoms. The smallest absolute Gasteiger partial charge is 0.244 e. The minimum absolute atomic E-state index is 0.00158. The topological polar surface area (TPSA) is 96.0 Å². The Balaban J connectivity index is 1.86. The summed E-state index contributed by atoms with van der Waals surface area (Å²) in [4.78, 5) is 28.4. The predicted molar refractivity (Wildman–Crippen MR) is 168 cm³/mol. The first-order valence-corrected chi connectivity index (χ1v) is 16.4. The monoisotopic (exact) mass is 633 g/mol. The Morgan fingerprint density at radius 2 is 1.67 bits per heavy atom. The molecule has 3 aromatic rings. The lowest BCUT2D eigenvalue weighted by molar-refractivity contribution is -0.140. The molecule has 3 rings (SSSR count). The summed E-state index contributed by atoms with van der Waals surface area (Å²) in [5.74, 6) is -0.306. The lowest BCUT2D eigenvalue weighted by Gasteiger charge is -2.33. The van der Waals surface area contributed by atoms with E-state index in [1.807, 2.05) is 37.3 Å². The van der Waals surface area contributed by atoms with Gasteiger partial charge in [-0.25, -0.2) is 8.42 Å². The highest BCUT2D eigenvalue weighted by molar-refractivity contribution is 7.92. The number of anilines is 1. The Labute approximate surface area is 258 Å². The van der Waals surface area contributed by atoms with Crippen molar-refractivity contribution in [3.63, 3.8) is 0 Å². The number of sulfonamides is 1. The largest absolute Gasteiger partial charge is 0.489 e. The maximum atomic E-state index is 13.9. The van der Waals surface area contributed by atoms with Crippen LogP contribution in [0.1, 0.15) is 44.2 Å². The molecule has 0 bridgehead atoms. The maximum Gasteiger partial charge on any atom is 0.244 e. The number of unbranched alkanes of at least 4 members (excludes halogenated alkanes) is 1. The number of nitrogens with one attached hydrogen (secondary N) is 1.